The van der Waals surface area contributed by atoms with Gasteiger partial charge in [-0.15, -0.1) is 0 Å². The summed E-state index contributed by atoms with van der Waals surface area (Å²) >= 11 is 12.7. The highest BCUT2D eigenvalue weighted by Gasteiger charge is 2.31. The van der Waals surface area contributed by atoms with E-state index in [-0.39, 0.29) is 5.92 Å². The molecule has 2 aliphatic heterocycles. The molecule has 2 saturated heterocycles. The van der Waals surface area contributed by atoms with Crippen LogP contribution in [0.5, 0.6) is 0 Å². The molecule has 1 atom stereocenters. The minimum atomic E-state index is 0.0886. The number of hydrogen-bond donors (Lipinski definition) is 0. The Hall–Kier alpha value is -1.55. The molecule has 2 aromatic carbocycles. The average Bonchev–Trinajstić information content (AvgIpc) is 2.77. The molecule has 4 rings (SSSR count). The molecule has 0 bridgehead atoms. The van der Waals surface area contributed by atoms with E-state index in [0.717, 1.165) is 63.8 Å². The van der Waals surface area contributed by atoms with E-state index in [4.69, 9.17) is 23.2 Å². The first-order chi connectivity index (χ1) is 14.6. The van der Waals surface area contributed by atoms with Crippen molar-refractivity contribution in [3.63, 3.8) is 0 Å². The maximum absolute atomic E-state index is 13.2. The van der Waals surface area contributed by atoms with Crippen molar-refractivity contribution in [1.82, 2.24) is 9.80 Å². The predicted octanol–water partition coefficient (Wildman–Crippen LogP) is 5.69. The second kappa shape index (κ2) is 10.2. The fourth-order valence-corrected chi connectivity index (χ4v) is 5.39. The van der Waals surface area contributed by atoms with E-state index < -0.39 is 0 Å². The monoisotopic (exact) mass is 444 g/mol. The second-order valence-electron chi connectivity index (χ2n) is 8.73. The van der Waals surface area contributed by atoms with E-state index >= 15 is 0 Å². The van der Waals surface area contributed by atoms with Crippen LogP contribution in [0.4, 0.5) is 0 Å². The number of benzene rings is 2. The molecule has 0 spiro atoms. The van der Waals surface area contributed by atoms with Gasteiger partial charge in [0.15, 0.2) is 0 Å². The number of carbonyl (C=O) groups is 1. The SMILES string of the molecule is O=C([C@@H]1CCCN(Cc2c(Cl)cccc2Cl)C1)N1CCC(Cc2ccccc2)CC1. The van der Waals surface area contributed by atoms with Crippen LogP contribution >= 0.6 is 23.2 Å². The first-order valence-electron chi connectivity index (χ1n) is 11.1. The van der Waals surface area contributed by atoms with Crippen molar-refractivity contribution in [1.29, 1.82) is 0 Å². The Bertz CT molecular complexity index is 829. The number of piperidine rings is 2. The van der Waals surface area contributed by atoms with E-state index in [1.165, 1.54) is 5.56 Å². The molecule has 2 aliphatic rings. The van der Waals surface area contributed by atoms with Crippen molar-refractivity contribution in [3.05, 3.63) is 69.7 Å². The fraction of sp³-hybridized carbons (Fsp3) is 0.480. The van der Waals surface area contributed by atoms with Crippen LogP contribution in [-0.4, -0.2) is 41.9 Å². The summed E-state index contributed by atoms with van der Waals surface area (Å²) in [6.07, 6.45) is 5.36. The number of halogens is 2. The van der Waals surface area contributed by atoms with Crippen LogP contribution in [0.25, 0.3) is 0 Å². The molecule has 0 radical (unpaired) electrons. The second-order valence-corrected chi connectivity index (χ2v) is 9.55. The van der Waals surface area contributed by atoms with E-state index in [2.05, 4.69) is 40.1 Å². The summed E-state index contributed by atoms with van der Waals surface area (Å²) in [6, 6.07) is 16.3. The topological polar surface area (TPSA) is 23.6 Å². The van der Waals surface area contributed by atoms with Crippen LogP contribution in [0.1, 0.15) is 36.8 Å². The molecule has 2 aromatic rings. The van der Waals surface area contributed by atoms with E-state index in [0.29, 0.717) is 28.4 Å². The maximum atomic E-state index is 13.2. The lowest BCUT2D eigenvalue weighted by molar-refractivity contribution is -0.138. The van der Waals surface area contributed by atoms with Crippen molar-refractivity contribution < 1.29 is 4.79 Å². The number of rotatable bonds is 5. The molecule has 160 valence electrons. The Kier molecular flexibility index (Phi) is 7.35. The average molecular weight is 445 g/mol. The molecule has 2 fully saturated rings. The van der Waals surface area contributed by atoms with Gasteiger partial charge in [-0.25, -0.2) is 0 Å². The Morgan fingerprint density at radius 3 is 2.30 bits per heavy atom. The number of amides is 1. The lowest BCUT2D eigenvalue weighted by atomic mass is 9.89. The summed E-state index contributed by atoms with van der Waals surface area (Å²) in [5.41, 5.74) is 2.37. The third-order valence-electron chi connectivity index (χ3n) is 6.59. The van der Waals surface area contributed by atoms with Crippen molar-refractivity contribution in [2.45, 2.75) is 38.6 Å². The molecule has 0 unspecified atom stereocenters. The van der Waals surface area contributed by atoms with E-state index in [1.54, 1.807) is 0 Å². The van der Waals surface area contributed by atoms with Gasteiger partial charge in [0.05, 0.1) is 5.92 Å². The highest BCUT2D eigenvalue weighted by atomic mass is 35.5. The van der Waals surface area contributed by atoms with Crippen molar-refractivity contribution in [2.75, 3.05) is 26.2 Å². The van der Waals surface area contributed by atoms with Gasteiger partial charge in [0, 0.05) is 41.8 Å². The smallest absolute Gasteiger partial charge is 0.226 e. The zero-order valence-corrected chi connectivity index (χ0v) is 18.9. The van der Waals surface area contributed by atoms with Gasteiger partial charge in [-0.1, -0.05) is 59.6 Å². The Morgan fingerprint density at radius 2 is 1.60 bits per heavy atom. The summed E-state index contributed by atoms with van der Waals surface area (Å²) in [7, 11) is 0. The normalized spacial score (nSPS) is 21.0. The standard InChI is InChI=1S/C25H30Cl2N2O/c26-23-9-4-10-24(27)22(23)18-28-13-5-8-21(17-28)25(30)29-14-11-20(12-15-29)16-19-6-2-1-3-7-19/h1-4,6-7,9-10,20-21H,5,8,11-18H2/t21-/m1/s1. The van der Waals surface area contributed by atoms with Gasteiger partial charge in [-0.3, -0.25) is 9.69 Å². The highest BCUT2D eigenvalue weighted by molar-refractivity contribution is 6.35. The quantitative estimate of drug-likeness (QED) is 0.591. The molecule has 5 heteroatoms. The van der Waals surface area contributed by atoms with Crippen LogP contribution in [0.3, 0.4) is 0 Å². The number of hydrogen-bond acceptors (Lipinski definition) is 2. The first-order valence-corrected chi connectivity index (χ1v) is 11.8. The van der Waals surface area contributed by atoms with Gasteiger partial charge in [-0.05, 0) is 62.3 Å². The maximum Gasteiger partial charge on any atom is 0.226 e. The Balaban J connectivity index is 1.29. The summed E-state index contributed by atoms with van der Waals surface area (Å²) in [6.45, 7) is 4.28. The third-order valence-corrected chi connectivity index (χ3v) is 7.30. The molecular formula is C25H30Cl2N2O. The molecule has 0 aromatic heterocycles. The van der Waals surface area contributed by atoms with Crippen LogP contribution in [0.2, 0.25) is 10.0 Å². The molecule has 30 heavy (non-hydrogen) atoms. The van der Waals surface area contributed by atoms with Crippen LogP contribution in [0.15, 0.2) is 48.5 Å². The Labute approximate surface area is 190 Å². The van der Waals surface area contributed by atoms with Crippen LogP contribution in [-0.2, 0) is 17.8 Å². The van der Waals surface area contributed by atoms with Crippen LogP contribution < -0.4 is 0 Å². The molecule has 2 heterocycles. The predicted molar refractivity (Wildman–Crippen MR) is 124 cm³/mol. The lowest BCUT2D eigenvalue weighted by Crippen LogP contribution is -2.47. The summed E-state index contributed by atoms with van der Waals surface area (Å²) in [4.78, 5) is 17.6. The minimum Gasteiger partial charge on any atom is -0.342 e. The van der Waals surface area contributed by atoms with Gasteiger partial charge < -0.3 is 4.90 Å². The molecule has 0 saturated carbocycles. The zero-order chi connectivity index (χ0) is 20.9. The van der Waals surface area contributed by atoms with Gasteiger partial charge in [-0.2, -0.15) is 0 Å². The molecule has 0 N–H and O–H groups in total. The van der Waals surface area contributed by atoms with E-state index in [9.17, 15) is 4.79 Å². The number of carbonyl (C=O) groups excluding carboxylic acids is 1. The van der Waals surface area contributed by atoms with Gasteiger partial charge in [0.1, 0.15) is 0 Å². The Morgan fingerprint density at radius 1 is 0.900 bits per heavy atom. The minimum absolute atomic E-state index is 0.0886. The van der Waals surface area contributed by atoms with Crippen molar-refractivity contribution in [2.24, 2.45) is 11.8 Å². The third kappa shape index (κ3) is 5.38. The van der Waals surface area contributed by atoms with Gasteiger partial charge in [0.2, 0.25) is 5.91 Å². The summed E-state index contributed by atoms with van der Waals surface area (Å²) in [5, 5.41) is 1.41. The largest absolute Gasteiger partial charge is 0.342 e. The molecule has 3 nitrogen and oxygen atoms in total. The van der Waals surface area contributed by atoms with Crippen molar-refractivity contribution >= 4 is 29.1 Å². The van der Waals surface area contributed by atoms with Gasteiger partial charge in [0.25, 0.3) is 0 Å². The first kappa shape index (κ1) is 21.7. The molecule has 0 aliphatic carbocycles. The van der Waals surface area contributed by atoms with Crippen LogP contribution in [0, 0.1) is 11.8 Å². The van der Waals surface area contributed by atoms with Crippen molar-refractivity contribution in [3.8, 4) is 0 Å². The van der Waals surface area contributed by atoms with Gasteiger partial charge >= 0.3 is 0 Å². The number of nitrogens with zero attached hydrogens (tertiary/aromatic N) is 2. The fourth-order valence-electron chi connectivity index (χ4n) is 4.87. The van der Waals surface area contributed by atoms with E-state index in [1.807, 2.05) is 18.2 Å². The molecular weight excluding hydrogens is 415 g/mol. The summed E-state index contributed by atoms with van der Waals surface area (Å²) in [5.74, 6) is 1.11. The zero-order valence-electron chi connectivity index (χ0n) is 17.4. The highest BCUT2D eigenvalue weighted by Crippen LogP contribution is 2.29. The lowest BCUT2D eigenvalue weighted by Gasteiger charge is -2.38. The number of likely N-dealkylation sites (tertiary alicyclic amines) is 2. The molecule has 1 amide bonds. The summed E-state index contributed by atoms with van der Waals surface area (Å²) < 4.78 is 0.